The van der Waals surface area contributed by atoms with Crippen LogP contribution in [0.1, 0.15) is 402 Å². The third-order valence-corrected chi connectivity index (χ3v) is 20.4. The van der Waals surface area contributed by atoms with Gasteiger partial charge in [-0.05, 0) is 43.4 Å². The van der Waals surface area contributed by atoms with Gasteiger partial charge in [0.05, 0.1) is 26.4 Å². The largest absolute Gasteiger partial charge is 0.472 e. The zero-order valence-corrected chi connectivity index (χ0v) is 65.3. The molecule has 0 saturated heterocycles. The minimum atomic E-state index is -4.96. The number of unbranched alkanes of at least 4 members (excludes halogenated alkanes) is 43. The van der Waals surface area contributed by atoms with E-state index >= 15 is 0 Å². The van der Waals surface area contributed by atoms with Gasteiger partial charge >= 0.3 is 39.5 Å². The van der Waals surface area contributed by atoms with Gasteiger partial charge in [0.2, 0.25) is 0 Å². The van der Waals surface area contributed by atoms with E-state index in [0.29, 0.717) is 25.7 Å². The highest BCUT2D eigenvalue weighted by molar-refractivity contribution is 7.47. The van der Waals surface area contributed by atoms with Crippen LogP contribution in [0.4, 0.5) is 0 Å². The van der Waals surface area contributed by atoms with Crippen LogP contribution in [0, 0.1) is 17.8 Å². The lowest BCUT2D eigenvalue weighted by Crippen LogP contribution is -2.30. The second-order valence-corrected chi connectivity index (χ2v) is 32.2. The fourth-order valence-corrected chi connectivity index (χ4v) is 13.5. The van der Waals surface area contributed by atoms with Gasteiger partial charge in [-0.1, -0.05) is 350 Å². The van der Waals surface area contributed by atoms with Gasteiger partial charge in [0, 0.05) is 25.7 Å². The summed E-state index contributed by atoms with van der Waals surface area (Å²) in [7, 11) is -9.92. The van der Waals surface area contributed by atoms with Crippen molar-refractivity contribution in [2.75, 3.05) is 39.6 Å². The van der Waals surface area contributed by atoms with E-state index in [-0.39, 0.29) is 25.7 Å². The standard InChI is InChI=1S/C78H152O17P2/c1-8-10-11-12-13-14-15-16-17-18-19-23-26-29-38-45-52-59-75(80)88-65-73(94-77(82)61-54-47-40-30-27-24-21-20-22-25-28-37-44-51-58-71(7)9-2)67-92-96(84,85)90-63-72(79)64-91-97(86,87)93-68-74(95-78(83)62-55-48-41-34-32-36-43-50-57-70(5)6)66-89-76(81)60-53-46-39-33-31-35-42-49-56-69(3)4/h69-74,79H,8-68H2,1-7H3,(H,84,85)(H,86,87)/t71?,72-,73-,74-/m1/s1. The maximum absolute atomic E-state index is 13.1. The second-order valence-electron chi connectivity index (χ2n) is 29.3. The molecule has 0 amide bonds. The van der Waals surface area contributed by atoms with Crippen LogP contribution in [0.3, 0.4) is 0 Å². The lowest BCUT2D eigenvalue weighted by molar-refractivity contribution is -0.161. The number of aliphatic hydroxyl groups excluding tert-OH is 1. The third kappa shape index (κ3) is 70.9. The molecule has 97 heavy (non-hydrogen) atoms. The Morgan fingerprint density at radius 3 is 0.784 bits per heavy atom. The number of rotatable bonds is 76. The summed E-state index contributed by atoms with van der Waals surface area (Å²) in [6.45, 7) is 11.9. The Balaban J connectivity index is 5.24. The molecule has 0 rings (SSSR count). The summed E-state index contributed by atoms with van der Waals surface area (Å²) in [6.07, 6.45) is 55.5. The van der Waals surface area contributed by atoms with Gasteiger partial charge < -0.3 is 33.8 Å². The molecule has 0 aliphatic heterocycles. The summed E-state index contributed by atoms with van der Waals surface area (Å²) in [6, 6.07) is 0. The number of ether oxygens (including phenoxy) is 4. The topological polar surface area (TPSA) is 237 Å². The molecule has 0 aliphatic carbocycles. The summed E-state index contributed by atoms with van der Waals surface area (Å²) in [4.78, 5) is 72.9. The van der Waals surface area contributed by atoms with Crippen molar-refractivity contribution in [1.82, 2.24) is 0 Å². The SMILES string of the molecule is CCCCCCCCCCCCCCCCCCCC(=O)OC[C@H](COP(=O)(O)OC[C@@H](O)COP(=O)(O)OC[C@@H](COC(=O)CCCCCCCCCCC(C)C)OC(=O)CCCCCCCCCCC(C)C)OC(=O)CCCCCCCCCCCCCCCCC(C)CC. The zero-order valence-electron chi connectivity index (χ0n) is 63.5. The Morgan fingerprint density at radius 1 is 0.299 bits per heavy atom. The summed E-state index contributed by atoms with van der Waals surface area (Å²) < 4.78 is 68.6. The van der Waals surface area contributed by atoms with Crippen LogP contribution >= 0.6 is 15.6 Å². The summed E-state index contributed by atoms with van der Waals surface area (Å²) >= 11 is 0. The molecular weight excluding hydrogens is 1270 g/mol. The number of phosphoric acid groups is 2. The van der Waals surface area contributed by atoms with Crippen LogP contribution < -0.4 is 0 Å². The number of carbonyl (C=O) groups is 4. The number of phosphoric ester groups is 2. The Morgan fingerprint density at radius 2 is 0.526 bits per heavy atom. The first kappa shape index (κ1) is 95.1. The molecular formula is C78H152O17P2. The minimum absolute atomic E-state index is 0.104. The highest BCUT2D eigenvalue weighted by Crippen LogP contribution is 2.45. The van der Waals surface area contributed by atoms with Gasteiger partial charge in [0.1, 0.15) is 19.3 Å². The molecule has 576 valence electrons. The number of hydrogen-bond donors (Lipinski definition) is 3. The van der Waals surface area contributed by atoms with Gasteiger partial charge in [0.25, 0.3) is 0 Å². The summed E-state index contributed by atoms with van der Waals surface area (Å²) in [5.41, 5.74) is 0. The van der Waals surface area contributed by atoms with E-state index in [1.807, 2.05) is 0 Å². The van der Waals surface area contributed by atoms with Crippen LogP contribution in [0.2, 0.25) is 0 Å². The predicted molar refractivity (Wildman–Crippen MR) is 395 cm³/mol. The molecule has 17 nitrogen and oxygen atoms in total. The van der Waals surface area contributed by atoms with Gasteiger partial charge in [-0.25, -0.2) is 9.13 Å². The van der Waals surface area contributed by atoms with E-state index in [0.717, 1.165) is 108 Å². The molecule has 0 aromatic rings. The second kappa shape index (κ2) is 68.5. The van der Waals surface area contributed by atoms with Crippen LogP contribution in [0.25, 0.3) is 0 Å². The molecule has 0 radical (unpaired) electrons. The quantitative estimate of drug-likeness (QED) is 0.0222. The number of aliphatic hydroxyl groups is 1. The van der Waals surface area contributed by atoms with E-state index < -0.39 is 97.5 Å². The van der Waals surface area contributed by atoms with Crippen molar-refractivity contribution in [3.05, 3.63) is 0 Å². The van der Waals surface area contributed by atoms with Crippen molar-refractivity contribution in [1.29, 1.82) is 0 Å². The van der Waals surface area contributed by atoms with E-state index in [9.17, 15) is 43.2 Å². The summed E-state index contributed by atoms with van der Waals surface area (Å²) in [5, 5.41) is 10.6. The molecule has 0 heterocycles. The van der Waals surface area contributed by atoms with Crippen molar-refractivity contribution >= 4 is 39.5 Å². The molecule has 0 aromatic heterocycles. The van der Waals surface area contributed by atoms with Crippen molar-refractivity contribution in [3.8, 4) is 0 Å². The lowest BCUT2D eigenvalue weighted by atomic mass is 9.99. The average molecular weight is 1420 g/mol. The molecule has 6 atom stereocenters. The third-order valence-electron chi connectivity index (χ3n) is 18.5. The van der Waals surface area contributed by atoms with Gasteiger partial charge in [0.15, 0.2) is 12.2 Å². The molecule has 0 fully saturated rings. The highest BCUT2D eigenvalue weighted by Gasteiger charge is 2.30. The van der Waals surface area contributed by atoms with Gasteiger partial charge in [-0.15, -0.1) is 0 Å². The lowest BCUT2D eigenvalue weighted by Gasteiger charge is -2.21. The van der Waals surface area contributed by atoms with E-state index in [4.69, 9.17) is 37.0 Å². The van der Waals surface area contributed by atoms with E-state index in [2.05, 4.69) is 48.5 Å². The number of hydrogen-bond acceptors (Lipinski definition) is 15. The Kier molecular flexibility index (Phi) is 67.1. The average Bonchev–Trinajstić information content (AvgIpc) is 2.78. The monoisotopic (exact) mass is 1420 g/mol. The van der Waals surface area contributed by atoms with Crippen molar-refractivity contribution < 1.29 is 80.2 Å². The van der Waals surface area contributed by atoms with Crippen molar-refractivity contribution in [2.24, 2.45) is 17.8 Å². The maximum Gasteiger partial charge on any atom is 0.472 e. The normalized spacial score (nSPS) is 14.3. The van der Waals surface area contributed by atoms with Crippen LogP contribution in [0.5, 0.6) is 0 Å². The summed E-state index contributed by atoms with van der Waals surface area (Å²) in [5.74, 6) is 0.173. The first-order valence-electron chi connectivity index (χ1n) is 40.4. The van der Waals surface area contributed by atoms with Crippen molar-refractivity contribution in [3.63, 3.8) is 0 Å². The molecule has 0 saturated carbocycles. The number of esters is 4. The maximum atomic E-state index is 13.1. The smallest absolute Gasteiger partial charge is 0.462 e. The molecule has 3 N–H and O–H groups in total. The molecule has 19 heteroatoms. The fraction of sp³-hybridized carbons (Fsp3) is 0.949. The van der Waals surface area contributed by atoms with Crippen LogP contribution in [-0.2, 0) is 65.4 Å². The Bertz CT molecular complexity index is 1890. The van der Waals surface area contributed by atoms with E-state index in [1.165, 1.54) is 212 Å². The van der Waals surface area contributed by atoms with Gasteiger partial charge in [-0.2, -0.15) is 0 Å². The fourth-order valence-electron chi connectivity index (χ4n) is 11.9. The highest BCUT2D eigenvalue weighted by atomic mass is 31.2. The van der Waals surface area contributed by atoms with Crippen LogP contribution in [0.15, 0.2) is 0 Å². The molecule has 3 unspecified atom stereocenters. The minimum Gasteiger partial charge on any atom is -0.462 e. The first-order valence-corrected chi connectivity index (χ1v) is 43.4. The predicted octanol–water partition coefficient (Wildman–Crippen LogP) is 23.0. The van der Waals surface area contributed by atoms with Gasteiger partial charge in [-0.3, -0.25) is 37.3 Å². The van der Waals surface area contributed by atoms with Crippen LogP contribution in [-0.4, -0.2) is 96.7 Å². The first-order chi connectivity index (χ1) is 46.8. The molecule has 0 aromatic carbocycles. The molecule has 0 bridgehead atoms. The number of carbonyl (C=O) groups excluding carboxylic acids is 4. The molecule has 0 spiro atoms. The van der Waals surface area contributed by atoms with Crippen molar-refractivity contribution in [2.45, 2.75) is 420 Å². The van der Waals surface area contributed by atoms with E-state index in [1.54, 1.807) is 0 Å². The molecule has 0 aliphatic rings. The Hall–Kier alpha value is -1.94. The Labute approximate surface area is 594 Å². The zero-order chi connectivity index (χ0) is 71.6.